The largest absolute Gasteiger partial charge is 0.337 e. The molecule has 0 spiro atoms. The van der Waals surface area contributed by atoms with E-state index < -0.39 is 0 Å². The molecule has 3 nitrogen and oxygen atoms in total. The van der Waals surface area contributed by atoms with Gasteiger partial charge in [-0.05, 0) is 0 Å². The van der Waals surface area contributed by atoms with Crippen molar-refractivity contribution in [2.45, 2.75) is 0 Å². The number of aromatic nitrogens is 1. The van der Waals surface area contributed by atoms with Gasteiger partial charge in [0.2, 0.25) is 0 Å². The van der Waals surface area contributed by atoms with Gasteiger partial charge in [0.05, 0.1) is 0 Å². The van der Waals surface area contributed by atoms with Gasteiger partial charge in [0.15, 0.2) is 4.80 Å². The smallest absolute Gasteiger partial charge is 0.200 e. The second kappa shape index (κ2) is 1.38. The average molecular weight is 115 g/mol. The van der Waals surface area contributed by atoms with Crippen molar-refractivity contribution in [1.82, 2.24) is 4.68 Å². The summed E-state index contributed by atoms with van der Waals surface area (Å²) in [4.78, 5) is 0.375. The van der Waals surface area contributed by atoms with Crippen LogP contribution in [0, 0.1) is 5.41 Å². The first-order valence-corrected chi connectivity index (χ1v) is 2.64. The quantitative estimate of drug-likeness (QED) is 0.450. The van der Waals surface area contributed by atoms with Crippen LogP contribution in [0.1, 0.15) is 0 Å². The lowest BCUT2D eigenvalue weighted by Crippen LogP contribution is -2.19. The zero-order chi connectivity index (χ0) is 5.28. The Bertz CT molecular complexity index is 198. The molecule has 0 radical (unpaired) electrons. The standard InChI is InChI=1S/C3H5N3S/c4-3-6(5)1-2-7-3/h1-2,4H,5H2. The third-order valence-corrected chi connectivity index (χ3v) is 1.33. The van der Waals surface area contributed by atoms with Crippen LogP contribution in [0.2, 0.25) is 0 Å². The van der Waals surface area contributed by atoms with Gasteiger partial charge in [-0.2, -0.15) is 0 Å². The van der Waals surface area contributed by atoms with Crippen molar-refractivity contribution in [2.24, 2.45) is 0 Å². The summed E-state index contributed by atoms with van der Waals surface area (Å²) in [6, 6.07) is 0. The molecule has 0 aliphatic carbocycles. The molecule has 0 saturated heterocycles. The van der Waals surface area contributed by atoms with Gasteiger partial charge < -0.3 is 5.84 Å². The maximum atomic E-state index is 6.96. The number of hydrogen-bond acceptors (Lipinski definition) is 3. The summed E-state index contributed by atoms with van der Waals surface area (Å²) >= 11 is 1.31. The zero-order valence-corrected chi connectivity index (χ0v) is 4.40. The van der Waals surface area contributed by atoms with Crippen LogP contribution in [0.25, 0.3) is 0 Å². The Kier molecular flexibility index (Phi) is 0.867. The summed E-state index contributed by atoms with van der Waals surface area (Å²) in [5, 5.41) is 8.72. The molecule has 7 heavy (non-hydrogen) atoms. The second-order valence-electron chi connectivity index (χ2n) is 1.12. The van der Waals surface area contributed by atoms with E-state index in [4.69, 9.17) is 11.3 Å². The van der Waals surface area contributed by atoms with Gasteiger partial charge in [-0.15, -0.1) is 11.3 Å². The lowest BCUT2D eigenvalue weighted by Gasteiger charge is -1.81. The number of nitrogens with zero attached hydrogens (tertiary/aromatic N) is 1. The van der Waals surface area contributed by atoms with Crippen LogP contribution >= 0.6 is 11.3 Å². The van der Waals surface area contributed by atoms with Crippen molar-refractivity contribution >= 4 is 11.3 Å². The third kappa shape index (κ3) is 0.640. The lowest BCUT2D eigenvalue weighted by atomic mass is 11.0. The number of nitrogens with two attached hydrogens (primary N) is 1. The molecule has 38 valence electrons. The normalized spacial score (nSPS) is 9.14. The second-order valence-corrected chi connectivity index (χ2v) is 2.01. The van der Waals surface area contributed by atoms with E-state index in [0.717, 1.165) is 0 Å². The molecule has 4 heteroatoms. The Morgan fingerprint density at radius 2 is 2.57 bits per heavy atom. The minimum Gasteiger partial charge on any atom is -0.337 e. The molecule has 0 fully saturated rings. The van der Waals surface area contributed by atoms with Crippen molar-refractivity contribution in [3.63, 3.8) is 0 Å². The molecule has 0 aliphatic heterocycles. The Morgan fingerprint density at radius 1 is 1.86 bits per heavy atom. The molecule has 0 bridgehead atoms. The molecule has 0 aliphatic rings. The predicted molar refractivity (Wildman–Crippen MR) is 28.3 cm³/mol. The molecule has 3 N–H and O–H groups in total. The van der Waals surface area contributed by atoms with Crippen molar-refractivity contribution in [3.05, 3.63) is 16.4 Å². The molecule has 1 heterocycles. The summed E-state index contributed by atoms with van der Waals surface area (Å²) in [5.41, 5.74) is 0. The first kappa shape index (κ1) is 4.39. The highest BCUT2D eigenvalue weighted by Gasteiger charge is 1.79. The molecule has 0 atom stereocenters. The van der Waals surface area contributed by atoms with Crippen LogP contribution in [0.4, 0.5) is 0 Å². The van der Waals surface area contributed by atoms with Gasteiger partial charge in [-0.1, -0.05) is 0 Å². The lowest BCUT2D eigenvalue weighted by molar-refractivity contribution is 0.930. The molecule has 0 saturated carbocycles. The van der Waals surface area contributed by atoms with E-state index in [0.29, 0.717) is 4.80 Å². The number of nitrogens with one attached hydrogen (secondary N) is 1. The van der Waals surface area contributed by atoms with E-state index in [-0.39, 0.29) is 0 Å². The van der Waals surface area contributed by atoms with Gasteiger partial charge in [0.1, 0.15) is 0 Å². The monoisotopic (exact) mass is 115 g/mol. The highest BCUT2D eigenvalue weighted by molar-refractivity contribution is 7.06. The van der Waals surface area contributed by atoms with Crippen LogP contribution in [-0.4, -0.2) is 4.68 Å². The van der Waals surface area contributed by atoms with Gasteiger partial charge in [0, 0.05) is 11.6 Å². The van der Waals surface area contributed by atoms with Crippen molar-refractivity contribution < 1.29 is 0 Å². The Morgan fingerprint density at radius 3 is 2.71 bits per heavy atom. The van der Waals surface area contributed by atoms with E-state index in [1.807, 2.05) is 0 Å². The van der Waals surface area contributed by atoms with Crippen molar-refractivity contribution in [3.8, 4) is 0 Å². The Hall–Kier alpha value is -0.770. The van der Waals surface area contributed by atoms with Crippen molar-refractivity contribution in [2.75, 3.05) is 5.84 Å². The highest BCUT2D eigenvalue weighted by Crippen LogP contribution is 1.79. The number of rotatable bonds is 0. The first-order chi connectivity index (χ1) is 3.30. The number of nitrogen functional groups attached to an aromatic ring is 1. The molecule has 1 aromatic rings. The first-order valence-electron chi connectivity index (χ1n) is 1.76. The fourth-order valence-electron chi connectivity index (χ4n) is 0.289. The summed E-state index contributed by atoms with van der Waals surface area (Å²) in [6.45, 7) is 0. The fourth-order valence-corrected chi connectivity index (χ4v) is 0.792. The number of hydrogen-bond donors (Lipinski definition) is 2. The van der Waals surface area contributed by atoms with E-state index in [2.05, 4.69) is 0 Å². The topological polar surface area (TPSA) is 54.8 Å². The molecular formula is C3H5N3S. The van der Waals surface area contributed by atoms with Gasteiger partial charge >= 0.3 is 0 Å². The predicted octanol–water partition coefficient (Wildman–Crippen LogP) is -0.257. The summed E-state index contributed by atoms with van der Waals surface area (Å²) in [7, 11) is 0. The molecule has 1 aromatic heterocycles. The van der Waals surface area contributed by atoms with E-state index >= 15 is 0 Å². The van der Waals surface area contributed by atoms with E-state index in [9.17, 15) is 0 Å². The minimum atomic E-state index is 0.375. The van der Waals surface area contributed by atoms with Gasteiger partial charge in [-0.25, -0.2) is 4.68 Å². The average Bonchev–Trinajstić information content (AvgIpc) is 1.91. The zero-order valence-electron chi connectivity index (χ0n) is 3.59. The summed E-state index contributed by atoms with van der Waals surface area (Å²) in [6.07, 6.45) is 1.65. The van der Waals surface area contributed by atoms with Crippen LogP contribution < -0.4 is 10.6 Å². The molecule has 1 rings (SSSR count). The van der Waals surface area contributed by atoms with Crippen LogP contribution in [0.15, 0.2) is 11.6 Å². The summed E-state index contributed by atoms with van der Waals surface area (Å²) in [5.74, 6) is 5.18. The van der Waals surface area contributed by atoms with E-state index in [1.54, 1.807) is 11.6 Å². The molecular weight excluding hydrogens is 110 g/mol. The maximum Gasteiger partial charge on any atom is 0.200 e. The van der Waals surface area contributed by atoms with Crippen LogP contribution in [-0.2, 0) is 0 Å². The maximum absolute atomic E-state index is 6.96. The fraction of sp³-hybridized carbons (Fsp3) is 0. The Labute approximate surface area is 44.5 Å². The third-order valence-electron chi connectivity index (χ3n) is 0.636. The van der Waals surface area contributed by atoms with Gasteiger partial charge in [0.25, 0.3) is 0 Å². The summed E-state index contributed by atoms with van der Waals surface area (Å²) < 4.78 is 1.27. The molecule has 0 unspecified atom stereocenters. The van der Waals surface area contributed by atoms with Crippen LogP contribution in [0.3, 0.4) is 0 Å². The highest BCUT2D eigenvalue weighted by atomic mass is 32.1. The van der Waals surface area contributed by atoms with Crippen LogP contribution in [0.5, 0.6) is 0 Å². The Balaban J connectivity index is 3.39. The molecule has 0 aromatic carbocycles. The van der Waals surface area contributed by atoms with Crippen molar-refractivity contribution in [1.29, 1.82) is 5.41 Å². The number of thiazole rings is 1. The molecule has 0 amide bonds. The minimum absolute atomic E-state index is 0.375. The SMILES string of the molecule is N=c1sccn1N. The van der Waals surface area contributed by atoms with E-state index in [1.165, 1.54) is 16.0 Å². The van der Waals surface area contributed by atoms with Gasteiger partial charge in [-0.3, -0.25) is 5.41 Å².